The third-order valence-corrected chi connectivity index (χ3v) is 10.2. The van der Waals surface area contributed by atoms with Crippen molar-refractivity contribution < 1.29 is 0 Å². The lowest BCUT2D eigenvalue weighted by Crippen LogP contribution is -2.00. The van der Waals surface area contributed by atoms with E-state index in [-0.39, 0.29) is 0 Å². The van der Waals surface area contributed by atoms with E-state index in [1.807, 2.05) is 30.3 Å². The van der Waals surface area contributed by atoms with Gasteiger partial charge in [-0.15, -0.1) is 0 Å². The van der Waals surface area contributed by atoms with Crippen molar-refractivity contribution in [3.8, 4) is 78.7 Å². The number of hydrogen-bond donors (Lipinski definition) is 0. The summed E-state index contributed by atoms with van der Waals surface area (Å²) in [5, 5.41) is 7.79. The first-order valence-electron chi connectivity index (χ1n) is 18.5. The zero-order valence-corrected chi connectivity index (χ0v) is 29.9. The van der Waals surface area contributed by atoms with Gasteiger partial charge in [0.2, 0.25) is 0 Å². The molecule has 0 N–H and O–H groups in total. The van der Waals surface area contributed by atoms with Crippen LogP contribution in [0.5, 0.6) is 0 Å². The first-order valence-corrected chi connectivity index (χ1v) is 18.5. The number of benzene rings is 7. The Bertz CT molecular complexity index is 2860. The zero-order valence-electron chi connectivity index (χ0n) is 29.9. The van der Waals surface area contributed by atoms with Crippen molar-refractivity contribution >= 4 is 16.3 Å². The maximum Gasteiger partial charge on any atom is 0.160 e. The number of pyridine rings is 1. The lowest BCUT2D eigenvalue weighted by molar-refractivity contribution is 0.979. The second kappa shape index (κ2) is 13.8. The van der Waals surface area contributed by atoms with Crippen molar-refractivity contribution in [2.45, 2.75) is 0 Å². The van der Waals surface area contributed by atoms with E-state index in [4.69, 9.17) is 15.1 Å². The maximum atomic E-state index is 5.46. The van der Waals surface area contributed by atoms with E-state index in [2.05, 4.69) is 180 Å². The molecule has 0 aliphatic rings. The molecule has 10 rings (SSSR count). The predicted molar refractivity (Wildman–Crippen MR) is 226 cm³/mol. The average Bonchev–Trinajstić information content (AvgIpc) is 3.68. The van der Waals surface area contributed by atoms with Crippen molar-refractivity contribution in [1.82, 2.24) is 19.6 Å². The monoisotopic (exact) mass is 702 g/mol. The van der Waals surface area contributed by atoms with Gasteiger partial charge in [-0.25, -0.2) is 14.5 Å². The molecule has 55 heavy (non-hydrogen) atoms. The lowest BCUT2D eigenvalue weighted by atomic mass is 9.92. The zero-order chi connectivity index (χ0) is 36.6. The van der Waals surface area contributed by atoms with Gasteiger partial charge in [-0.05, 0) is 22.6 Å². The van der Waals surface area contributed by atoms with Crippen LogP contribution in [0.3, 0.4) is 0 Å². The van der Waals surface area contributed by atoms with Gasteiger partial charge in [0.25, 0.3) is 0 Å². The Kier molecular flexibility index (Phi) is 8.12. The number of nitrogens with zero attached hydrogens (tertiary/aromatic N) is 4. The predicted octanol–water partition coefficient (Wildman–Crippen LogP) is 12.9. The Hall–Kier alpha value is -7.43. The van der Waals surface area contributed by atoms with E-state index in [9.17, 15) is 0 Å². The molecule has 0 aliphatic heterocycles. The first kappa shape index (κ1) is 32.2. The molecule has 3 aromatic heterocycles. The van der Waals surface area contributed by atoms with Crippen LogP contribution in [-0.2, 0) is 0 Å². The van der Waals surface area contributed by atoms with Crippen LogP contribution in [0.25, 0.3) is 95.0 Å². The number of aromatic nitrogens is 4. The van der Waals surface area contributed by atoms with Crippen LogP contribution in [0.2, 0.25) is 0 Å². The molecule has 0 aliphatic carbocycles. The lowest BCUT2D eigenvalue weighted by Gasteiger charge is -2.17. The van der Waals surface area contributed by atoms with Crippen molar-refractivity contribution in [2.24, 2.45) is 0 Å². The van der Waals surface area contributed by atoms with Gasteiger partial charge < -0.3 is 0 Å². The van der Waals surface area contributed by atoms with Crippen molar-refractivity contribution in [1.29, 1.82) is 0 Å². The van der Waals surface area contributed by atoms with Crippen LogP contribution in [-0.4, -0.2) is 19.6 Å². The molecule has 7 aromatic carbocycles. The summed E-state index contributed by atoms with van der Waals surface area (Å²) >= 11 is 0. The minimum absolute atomic E-state index is 0.692. The molecule has 0 atom stereocenters. The summed E-state index contributed by atoms with van der Waals surface area (Å²) in [5.74, 6) is 0.692. The highest BCUT2D eigenvalue weighted by molar-refractivity contribution is 6.08. The van der Waals surface area contributed by atoms with Crippen LogP contribution in [0.1, 0.15) is 0 Å². The van der Waals surface area contributed by atoms with Gasteiger partial charge in [-0.3, -0.25) is 0 Å². The van der Waals surface area contributed by atoms with E-state index in [1.54, 1.807) is 0 Å². The Morgan fingerprint density at radius 3 is 1.31 bits per heavy atom. The van der Waals surface area contributed by atoms with Gasteiger partial charge in [0.1, 0.15) is 5.69 Å². The Balaban J connectivity index is 1.22. The van der Waals surface area contributed by atoms with Gasteiger partial charge >= 0.3 is 0 Å². The maximum absolute atomic E-state index is 5.46. The molecule has 0 saturated heterocycles. The minimum Gasteiger partial charge on any atom is -0.231 e. The summed E-state index contributed by atoms with van der Waals surface area (Å²) in [6.07, 6.45) is 0. The summed E-state index contributed by atoms with van der Waals surface area (Å²) in [4.78, 5) is 10.6. The highest BCUT2D eigenvalue weighted by Crippen LogP contribution is 2.43. The third kappa shape index (κ3) is 5.87. The summed E-state index contributed by atoms with van der Waals surface area (Å²) in [6.45, 7) is 0. The third-order valence-electron chi connectivity index (χ3n) is 10.2. The van der Waals surface area contributed by atoms with Crippen molar-refractivity contribution in [3.05, 3.63) is 206 Å². The Morgan fingerprint density at radius 2 is 0.745 bits per heavy atom. The van der Waals surface area contributed by atoms with Crippen molar-refractivity contribution in [3.63, 3.8) is 0 Å². The molecule has 10 aromatic rings. The largest absolute Gasteiger partial charge is 0.231 e. The van der Waals surface area contributed by atoms with Gasteiger partial charge in [0.05, 0.1) is 22.6 Å². The van der Waals surface area contributed by atoms with E-state index < -0.39 is 0 Å². The molecule has 4 nitrogen and oxygen atoms in total. The smallest absolute Gasteiger partial charge is 0.160 e. The molecular weight excluding hydrogens is 669 g/mol. The number of rotatable bonds is 7. The van der Waals surface area contributed by atoms with Gasteiger partial charge in [0, 0.05) is 44.3 Å². The highest BCUT2D eigenvalue weighted by atomic mass is 15.2. The molecule has 0 bridgehead atoms. The fraction of sp³-hybridized carbons (Fsp3) is 0. The molecule has 4 heteroatoms. The second-order valence-electron chi connectivity index (χ2n) is 13.6. The quantitative estimate of drug-likeness (QED) is 0.166. The Morgan fingerprint density at radius 1 is 0.327 bits per heavy atom. The van der Waals surface area contributed by atoms with Crippen LogP contribution < -0.4 is 0 Å². The van der Waals surface area contributed by atoms with E-state index in [1.165, 1.54) is 5.39 Å². The fourth-order valence-corrected chi connectivity index (χ4v) is 7.64. The molecule has 3 heterocycles. The number of hydrogen-bond acceptors (Lipinski definition) is 3. The van der Waals surface area contributed by atoms with E-state index in [0.717, 1.165) is 83.7 Å². The average molecular weight is 703 g/mol. The van der Waals surface area contributed by atoms with Gasteiger partial charge in [0.15, 0.2) is 5.82 Å². The molecular formula is C51H34N4. The summed E-state index contributed by atoms with van der Waals surface area (Å²) in [6, 6.07) is 71.9. The molecule has 0 spiro atoms. The SMILES string of the molecule is c1ccc(-c2nc(-c3ccccc3)c(-c3ccc(-c4nn5c(-c6ccccc6)cc6ccccc6c5c4-c4ccccc4)cc3)c(-c3ccccc3)n2)cc1. The van der Waals surface area contributed by atoms with E-state index >= 15 is 0 Å². The summed E-state index contributed by atoms with van der Waals surface area (Å²) in [7, 11) is 0. The molecule has 0 amide bonds. The molecule has 0 fully saturated rings. The standard InChI is InChI=1S/C51H34N4/c1-6-18-35(19-7-1)44-34-42-28-16-17-29-43(42)50-46(36-20-8-2-9-21-36)49(54-55(44)50)40-32-30-37(31-33-40)45-47(38-22-10-3-11-23-38)52-51(41-26-14-5-15-27-41)53-48(45)39-24-12-4-13-25-39/h1-34H. The van der Waals surface area contributed by atoms with Crippen LogP contribution in [0, 0.1) is 0 Å². The first-order chi connectivity index (χ1) is 27.3. The summed E-state index contributed by atoms with van der Waals surface area (Å²) < 4.78 is 2.14. The van der Waals surface area contributed by atoms with Crippen LogP contribution >= 0.6 is 0 Å². The minimum atomic E-state index is 0.692. The van der Waals surface area contributed by atoms with Crippen LogP contribution in [0.4, 0.5) is 0 Å². The molecule has 258 valence electrons. The normalized spacial score (nSPS) is 11.3. The van der Waals surface area contributed by atoms with Crippen LogP contribution in [0.15, 0.2) is 206 Å². The molecule has 0 unspecified atom stereocenters. The van der Waals surface area contributed by atoms with E-state index in [0.29, 0.717) is 5.82 Å². The fourth-order valence-electron chi connectivity index (χ4n) is 7.64. The Labute approximate surface area is 319 Å². The topological polar surface area (TPSA) is 43.1 Å². The van der Waals surface area contributed by atoms with Crippen molar-refractivity contribution in [2.75, 3.05) is 0 Å². The van der Waals surface area contributed by atoms with Gasteiger partial charge in [-0.2, -0.15) is 5.10 Å². The second-order valence-corrected chi connectivity index (χ2v) is 13.6. The summed E-state index contributed by atoms with van der Waals surface area (Å²) in [5.41, 5.74) is 14.3. The highest BCUT2D eigenvalue weighted by Gasteiger charge is 2.23. The molecule has 0 radical (unpaired) electrons. The number of fused-ring (bicyclic) bond motifs is 3. The van der Waals surface area contributed by atoms with Gasteiger partial charge in [-0.1, -0.05) is 200 Å². The molecule has 0 saturated carbocycles.